The van der Waals surface area contributed by atoms with Gasteiger partial charge in [0.05, 0.1) is 5.69 Å². The Morgan fingerprint density at radius 3 is 2.30 bits per heavy atom. The fraction of sp³-hybridized carbons (Fsp3) is 0.643. The molecule has 0 saturated carbocycles. The minimum atomic E-state index is -0.475. The number of rotatable bonds is 4. The van der Waals surface area contributed by atoms with Gasteiger partial charge in [-0.25, -0.2) is 4.79 Å². The zero-order valence-corrected chi connectivity index (χ0v) is 12.8. The molecule has 1 aromatic rings. The number of hydrogen-bond donors (Lipinski definition) is 3. The van der Waals surface area contributed by atoms with Crippen molar-refractivity contribution < 1.29 is 9.90 Å². The van der Waals surface area contributed by atoms with E-state index in [0.29, 0.717) is 12.2 Å². The predicted molar refractivity (Wildman–Crippen MR) is 78.7 cm³/mol. The number of aromatic nitrogens is 2. The second-order valence-corrected chi connectivity index (χ2v) is 6.49. The number of aliphatic hydroxyl groups excluding tert-OH is 1. The first-order chi connectivity index (χ1) is 9.14. The van der Waals surface area contributed by atoms with E-state index in [1.807, 2.05) is 40.7 Å². The van der Waals surface area contributed by atoms with Crippen LogP contribution >= 0.6 is 0 Å². The fourth-order valence-electron chi connectivity index (χ4n) is 1.60. The van der Waals surface area contributed by atoms with Crippen molar-refractivity contribution in [3.8, 4) is 0 Å². The number of anilines is 1. The molecule has 6 nitrogen and oxygen atoms in total. The Hall–Kier alpha value is -1.69. The molecule has 0 aliphatic carbocycles. The first-order valence-electron chi connectivity index (χ1n) is 6.68. The monoisotopic (exact) mass is 280 g/mol. The second-order valence-electron chi connectivity index (χ2n) is 6.49. The first kappa shape index (κ1) is 16.4. The van der Waals surface area contributed by atoms with Gasteiger partial charge < -0.3 is 10.4 Å². The molecule has 0 saturated heterocycles. The molecule has 2 amide bonds. The van der Waals surface area contributed by atoms with Crippen LogP contribution in [-0.2, 0) is 5.41 Å². The maximum absolute atomic E-state index is 11.8. The van der Waals surface area contributed by atoms with Gasteiger partial charge in [-0.3, -0.25) is 5.32 Å². The standard InChI is InChI=1S/C14H24N4O2/c1-13(2,3)10-6-7-11(18-17-10)15-12(20)16-14(4,5)8-9-19/h6-7,19H,8-9H2,1-5H3,(H2,15,16,18,20). The van der Waals surface area contributed by atoms with Crippen LogP contribution in [0.4, 0.5) is 10.6 Å². The van der Waals surface area contributed by atoms with Crippen LogP contribution in [0, 0.1) is 0 Å². The van der Waals surface area contributed by atoms with E-state index < -0.39 is 5.54 Å². The summed E-state index contributed by atoms with van der Waals surface area (Å²) in [4.78, 5) is 11.8. The molecule has 0 bridgehead atoms. The molecule has 0 unspecified atom stereocenters. The number of carbonyl (C=O) groups excluding carboxylic acids is 1. The van der Waals surface area contributed by atoms with Crippen LogP contribution in [0.15, 0.2) is 12.1 Å². The Kier molecular flexibility index (Phi) is 5.05. The maximum Gasteiger partial charge on any atom is 0.320 e. The van der Waals surface area contributed by atoms with E-state index in [9.17, 15) is 4.79 Å². The zero-order valence-electron chi connectivity index (χ0n) is 12.8. The number of nitrogens with zero attached hydrogens (tertiary/aromatic N) is 2. The summed E-state index contributed by atoms with van der Waals surface area (Å²) in [5, 5.41) is 22.4. The molecule has 0 aromatic carbocycles. The van der Waals surface area contributed by atoms with Crippen molar-refractivity contribution in [2.45, 2.75) is 52.0 Å². The minimum Gasteiger partial charge on any atom is -0.396 e. The van der Waals surface area contributed by atoms with Gasteiger partial charge in [-0.2, -0.15) is 5.10 Å². The molecule has 1 rings (SSSR count). The predicted octanol–water partition coefficient (Wildman–Crippen LogP) is 2.06. The largest absolute Gasteiger partial charge is 0.396 e. The van der Waals surface area contributed by atoms with E-state index in [4.69, 9.17) is 5.11 Å². The first-order valence-corrected chi connectivity index (χ1v) is 6.68. The van der Waals surface area contributed by atoms with Crippen LogP contribution in [0.3, 0.4) is 0 Å². The van der Waals surface area contributed by atoms with E-state index in [1.54, 1.807) is 6.07 Å². The number of aliphatic hydroxyl groups is 1. The third-order valence-electron chi connectivity index (χ3n) is 2.86. The van der Waals surface area contributed by atoms with Gasteiger partial charge in [0.2, 0.25) is 0 Å². The molecule has 0 aliphatic rings. The minimum absolute atomic E-state index is 0.0212. The van der Waals surface area contributed by atoms with Crippen molar-refractivity contribution in [1.82, 2.24) is 15.5 Å². The summed E-state index contributed by atoms with van der Waals surface area (Å²) in [6.45, 7) is 9.86. The smallest absolute Gasteiger partial charge is 0.320 e. The average molecular weight is 280 g/mol. The lowest BCUT2D eigenvalue weighted by Gasteiger charge is -2.25. The lowest BCUT2D eigenvalue weighted by Crippen LogP contribution is -2.46. The van der Waals surface area contributed by atoms with E-state index in [0.717, 1.165) is 5.69 Å². The molecular weight excluding hydrogens is 256 g/mol. The summed E-state index contributed by atoms with van der Waals surface area (Å²) in [6.07, 6.45) is 0.481. The van der Waals surface area contributed by atoms with Crippen LogP contribution < -0.4 is 10.6 Å². The van der Waals surface area contributed by atoms with Gasteiger partial charge in [0.1, 0.15) is 0 Å². The lowest BCUT2D eigenvalue weighted by atomic mass is 9.92. The Morgan fingerprint density at radius 2 is 1.85 bits per heavy atom. The van der Waals surface area contributed by atoms with Crippen LogP contribution in [0.1, 0.15) is 46.7 Å². The Labute approximate surface area is 120 Å². The van der Waals surface area contributed by atoms with Crippen LogP contribution in [0.2, 0.25) is 0 Å². The SMILES string of the molecule is CC(C)(CCO)NC(=O)Nc1ccc(C(C)(C)C)nn1. The molecule has 0 fully saturated rings. The van der Waals surface area contributed by atoms with Gasteiger partial charge >= 0.3 is 6.03 Å². The molecule has 0 atom stereocenters. The van der Waals surface area contributed by atoms with Crippen molar-refractivity contribution >= 4 is 11.8 Å². The summed E-state index contributed by atoms with van der Waals surface area (Å²) in [7, 11) is 0. The lowest BCUT2D eigenvalue weighted by molar-refractivity contribution is 0.218. The van der Waals surface area contributed by atoms with Crippen molar-refractivity contribution in [1.29, 1.82) is 0 Å². The molecule has 6 heteroatoms. The third kappa shape index (κ3) is 5.13. The fourth-order valence-corrected chi connectivity index (χ4v) is 1.60. The molecule has 0 radical (unpaired) electrons. The Balaban J connectivity index is 2.63. The molecule has 3 N–H and O–H groups in total. The van der Waals surface area contributed by atoms with E-state index in [-0.39, 0.29) is 18.1 Å². The van der Waals surface area contributed by atoms with E-state index >= 15 is 0 Å². The highest BCUT2D eigenvalue weighted by molar-refractivity contribution is 5.88. The van der Waals surface area contributed by atoms with E-state index in [2.05, 4.69) is 20.8 Å². The molecule has 0 spiro atoms. The van der Waals surface area contributed by atoms with E-state index in [1.165, 1.54) is 0 Å². The Bertz CT molecular complexity index is 449. The molecule has 112 valence electrons. The molecule has 0 aliphatic heterocycles. The summed E-state index contributed by atoms with van der Waals surface area (Å²) < 4.78 is 0. The maximum atomic E-state index is 11.8. The van der Waals surface area contributed by atoms with Gasteiger partial charge in [0.15, 0.2) is 5.82 Å². The van der Waals surface area contributed by atoms with Crippen LogP contribution in [0.5, 0.6) is 0 Å². The molecule has 1 aromatic heterocycles. The zero-order chi connectivity index (χ0) is 15.4. The van der Waals surface area contributed by atoms with Crippen LogP contribution in [-0.4, -0.2) is 33.5 Å². The number of hydrogen-bond acceptors (Lipinski definition) is 4. The quantitative estimate of drug-likeness (QED) is 0.787. The van der Waals surface area contributed by atoms with Crippen LogP contribution in [0.25, 0.3) is 0 Å². The highest BCUT2D eigenvalue weighted by Crippen LogP contribution is 2.19. The number of carbonyl (C=O) groups is 1. The van der Waals surface area contributed by atoms with Gasteiger partial charge in [-0.05, 0) is 32.4 Å². The number of urea groups is 1. The van der Waals surface area contributed by atoms with Gasteiger partial charge in [-0.1, -0.05) is 20.8 Å². The van der Waals surface area contributed by atoms with Crippen molar-refractivity contribution in [3.05, 3.63) is 17.8 Å². The third-order valence-corrected chi connectivity index (χ3v) is 2.86. The van der Waals surface area contributed by atoms with Crippen molar-refractivity contribution in [2.24, 2.45) is 0 Å². The number of amides is 2. The second kappa shape index (κ2) is 6.17. The average Bonchev–Trinajstić information content (AvgIpc) is 2.27. The highest BCUT2D eigenvalue weighted by Gasteiger charge is 2.20. The summed E-state index contributed by atoms with van der Waals surface area (Å²) in [5.41, 5.74) is 0.318. The summed E-state index contributed by atoms with van der Waals surface area (Å²) in [5.74, 6) is 0.398. The number of nitrogens with one attached hydrogen (secondary N) is 2. The van der Waals surface area contributed by atoms with Gasteiger partial charge in [-0.15, -0.1) is 5.10 Å². The molecular formula is C14H24N4O2. The topological polar surface area (TPSA) is 87.1 Å². The molecule has 20 heavy (non-hydrogen) atoms. The normalized spacial score (nSPS) is 12.1. The van der Waals surface area contributed by atoms with Gasteiger partial charge in [0.25, 0.3) is 0 Å². The summed E-state index contributed by atoms with van der Waals surface area (Å²) >= 11 is 0. The van der Waals surface area contributed by atoms with Crippen molar-refractivity contribution in [3.63, 3.8) is 0 Å². The highest BCUT2D eigenvalue weighted by atomic mass is 16.3. The van der Waals surface area contributed by atoms with Gasteiger partial charge in [0, 0.05) is 17.6 Å². The Morgan fingerprint density at radius 1 is 1.20 bits per heavy atom. The van der Waals surface area contributed by atoms with Crippen molar-refractivity contribution in [2.75, 3.05) is 11.9 Å². The molecule has 1 heterocycles. The summed E-state index contributed by atoms with van der Waals surface area (Å²) in [6, 6.07) is 3.22.